The number of aryl methyl sites for hydroxylation is 1. The van der Waals surface area contributed by atoms with Crippen LogP contribution < -0.4 is 0 Å². The van der Waals surface area contributed by atoms with E-state index in [0.29, 0.717) is 5.01 Å². The Kier molecular flexibility index (Phi) is 5.08. The summed E-state index contributed by atoms with van der Waals surface area (Å²) in [4.78, 5) is 4.37. The lowest BCUT2D eigenvalue weighted by Crippen LogP contribution is -1.90. The van der Waals surface area contributed by atoms with Crippen LogP contribution in [0.3, 0.4) is 0 Å². The molecule has 0 N–H and O–H groups in total. The molecule has 0 aliphatic carbocycles. The molecular weight excluding hydrogens is 332 g/mol. The number of benzene rings is 2. The molecule has 1 aromatic heterocycles. The van der Waals surface area contributed by atoms with Gasteiger partial charge >= 0.3 is 0 Å². The van der Waals surface area contributed by atoms with Crippen molar-refractivity contribution in [2.75, 3.05) is 0 Å². The molecule has 0 aliphatic heterocycles. The second-order valence-electron chi connectivity index (χ2n) is 5.16. The van der Waals surface area contributed by atoms with Crippen molar-refractivity contribution in [1.29, 1.82) is 0 Å². The lowest BCUT2D eigenvalue weighted by molar-refractivity contribution is 0.589. The van der Waals surface area contributed by atoms with E-state index in [1.54, 1.807) is 11.8 Å². The fourth-order valence-corrected chi connectivity index (χ4v) is 4.20. The zero-order chi connectivity index (χ0) is 16.2. The molecule has 5 heteroatoms. The van der Waals surface area contributed by atoms with Crippen molar-refractivity contribution in [1.82, 2.24) is 4.98 Å². The van der Waals surface area contributed by atoms with Gasteiger partial charge in [-0.3, -0.25) is 0 Å². The number of nitrogens with zero attached hydrogens (tertiary/aromatic N) is 1. The van der Waals surface area contributed by atoms with Crippen LogP contribution in [0.4, 0.5) is 8.78 Å². The Morgan fingerprint density at radius 1 is 1.00 bits per heavy atom. The monoisotopic (exact) mass is 347 g/mol. The fraction of sp³-hybridized carbons (Fsp3) is 0.167. The molecule has 0 saturated heterocycles. The van der Waals surface area contributed by atoms with Crippen molar-refractivity contribution in [2.24, 2.45) is 0 Å². The molecule has 3 rings (SSSR count). The third-order valence-electron chi connectivity index (χ3n) is 3.50. The van der Waals surface area contributed by atoms with Gasteiger partial charge in [0.2, 0.25) is 0 Å². The highest BCUT2D eigenvalue weighted by Gasteiger charge is 2.14. The number of aromatic nitrogens is 1. The average Bonchev–Trinajstić information content (AvgIpc) is 2.97. The van der Waals surface area contributed by atoms with Crippen LogP contribution in [0.2, 0.25) is 0 Å². The van der Waals surface area contributed by atoms with Crippen LogP contribution in [0, 0.1) is 18.6 Å². The molecule has 0 fully saturated rings. The van der Waals surface area contributed by atoms with E-state index in [2.05, 4.69) is 24.0 Å². The Morgan fingerprint density at radius 2 is 1.74 bits per heavy atom. The Bertz CT molecular complexity index is 794. The zero-order valence-corrected chi connectivity index (χ0v) is 14.2. The zero-order valence-electron chi connectivity index (χ0n) is 12.6. The van der Waals surface area contributed by atoms with E-state index >= 15 is 0 Å². The Hall–Kier alpha value is -1.72. The minimum Gasteiger partial charge on any atom is -0.240 e. The van der Waals surface area contributed by atoms with E-state index in [-0.39, 0.29) is 5.56 Å². The van der Waals surface area contributed by atoms with Gasteiger partial charge in [0.15, 0.2) is 0 Å². The Labute approximate surface area is 142 Å². The predicted molar refractivity (Wildman–Crippen MR) is 93.6 cm³/mol. The predicted octanol–water partition coefficient (Wildman–Crippen LogP) is 5.83. The van der Waals surface area contributed by atoms with Crippen molar-refractivity contribution in [2.45, 2.75) is 18.4 Å². The summed E-state index contributed by atoms with van der Waals surface area (Å²) in [6.07, 6.45) is 0. The van der Waals surface area contributed by atoms with Crippen molar-refractivity contribution in [3.8, 4) is 10.6 Å². The molecule has 0 unspecified atom stereocenters. The largest absolute Gasteiger partial charge is 0.240 e. The van der Waals surface area contributed by atoms with Gasteiger partial charge in [0.05, 0.1) is 11.3 Å². The molecule has 23 heavy (non-hydrogen) atoms. The maximum absolute atomic E-state index is 13.8. The van der Waals surface area contributed by atoms with Crippen LogP contribution in [0.15, 0.2) is 47.8 Å². The summed E-state index contributed by atoms with van der Waals surface area (Å²) < 4.78 is 27.6. The molecule has 1 heterocycles. The Balaban J connectivity index is 1.67. The second-order valence-corrected chi connectivity index (χ2v) is 7.00. The van der Waals surface area contributed by atoms with Gasteiger partial charge in [0.1, 0.15) is 16.6 Å². The molecule has 0 aliphatic rings. The third kappa shape index (κ3) is 3.79. The first kappa shape index (κ1) is 16.1. The van der Waals surface area contributed by atoms with Gasteiger partial charge in [0.25, 0.3) is 0 Å². The third-order valence-corrected chi connectivity index (χ3v) is 5.42. The molecule has 118 valence electrons. The van der Waals surface area contributed by atoms with E-state index in [1.807, 2.05) is 17.5 Å². The number of halogens is 2. The normalized spacial score (nSPS) is 10.9. The first-order valence-corrected chi connectivity index (χ1v) is 9.19. The van der Waals surface area contributed by atoms with Crippen molar-refractivity contribution < 1.29 is 8.78 Å². The molecule has 3 aromatic rings. The number of hydrogen-bond donors (Lipinski definition) is 0. The highest BCUT2D eigenvalue weighted by Crippen LogP contribution is 2.30. The summed E-state index contributed by atoms with van der Waals surface area (Å²) >= 11 is 3.02. The molecule has 0 atom stereocenters. The van der Waals surface area contributed by atoms with Crippen molar-refractivity contribution in [3.05, 3.63) is 76.3 Å². The van der Waals surface area contributed by atoms with Gasteiger partial charge in [-0.2, -0.15) is 11.8 Å². The second kappa shape index (κ2) is 7.23. The van der Waals surface area contributed by atoms with E-state index in [1.165, 1.54) is 40.7 Å². The summed E-state index contributed by atoms with van der Waals surface area (Å²) in [6, 6.07) is 12.1. The molecule has 0 spiro atoms. The summed E-state index contributed by atoms with van der Waals surface area (Å²) in [5.74, 6) is 0.478. The maximum Gasteiger partial charge on any atom is 0.136 e. The van der Waals surface area contributed by atoms with Gasteiger partial charge in [0, 0.05) is 16.9 Å². The fourth-order valence-electron chi connectivity index (χ4n) is 2.23. The van der Waals surface area contributed by atoms with Gasteiger partial charge in [-0.1, -0.05) is 30.3 Å². The van der Waals surface area contributed by atoms with E-state index < -0.39 is 11.6 Å². The number of rotatable bonds is 5. The topological polar surface area (TPSA) is 12.9 Å². The van der Waals surface area contributed by atoms with Crippen molar-refractivity contribution in [3.63, 3.8) is 0 Å². The average molecular weight is 347 g/mol. The summed E-state index contributed by atoms with van der Waals surface area (Å²) in [5.41, 5.74) is 3.39. The first-order valence-electron chi connectivity index (χ1n) is 7.16. The SMILES string of the molecule is Cc1ccccc1CSCc1csc(-c2c(F)cccc2F)n1. The van der Waals surface area contributed by atoms with E-state index in [4.69, 9.17) is 0 Å². The van der Waals surface area contributed by atoms with E-state index in [0.717, 1.165) is 17.2 Å². The molecule has 0 saturated carbocycles. The van der Waals surface area contributed by atoms with Crippen LogP contribution in [0.5, 0.6) is 0 Å². The highest BCUT2D eigenvalue weighted by molar-refractivity contribution is 7.97. The standard InChI is InChI=1S/C18H15F2NS2/c1-12-5-2-3-6-13(12)9-22-10-14-11-23-18(21-14)17-15(19)7-4-8-16(17)20/h2-8,11H,9-10H2,1H3. The maximum atomic E-state index is 13.8. The summed E-state index contributed by atoms with van der Waals surface area (Å²) in [5, 5.41) is 2.26. The molecule has 0 amide bonds. The minimum atomic E-state index is -0.571. The smallest absolute Gasteiger partial charge is 0.136 e. The first-order chi connectivity index (χ1) is 11.1. The van der Waals surface area contributed by atoms with Crippen molar-refractivity contribution >= 4 is 23.1 Å². The lowest BCUT2D eigenvalue weighted by atomic mass is 10.1. The number of hydrogen-bond acceptors (Lipinski definition) is 3. The summed E-state index contributed by atoms with van der Waals surface area (Å²) in [7, 11) is 0. The van der Waals surface area contributed by atoms with Gasteiger partial charge in [-0.15, -0.1) is 11.3 Å². The van der Waals surface area contributed by atoms with Crippen LogP contribution >= 0.6 is 23.1 Å². The molecule has 0 bridgehead atoms. The number of thiazole rings is 1. The van der Waals surface area contributed by atoms with Gasteiger partial charge in [-0.25, -0.2) is 13.8 Å². The van der Waals surface area contributed by atoms with Crippen LogP contribution in [-0.4, -0.2) is 4.98 Å². The molecular formula is C18H15F2NS2. The molecule has 1 nitrogen and oxygen atoms in total. The quantitative estimate of drug-likeness (QED) is 0.576. The minimum absolute atomic E-state index is 0.0346. The van der Waals surface area contributed by atoms with E-state index in [9.17, 15) is 8.78 Å². The molecule has 2 aromatic carbocycles. The lowest BCUT2D eigenvalue weighted by Gasteiger charge is -2.04. The molecule has 0 radical (unpaired) electrons. The highest BCUT2D eigenvalue weighted by atomic mass is 32.2. The van der Waals surface area contributed by atoms with Gasteiger partial charge < -0.3 is 0 Å². The van der Waals surface area contributed by atoms with Crippen LogP contribution in [-0.2, 0) is 11.5 Å². The summed E-state index contributed by atoms with van der Waals surface area (Å²) in [6.45, 7) is 2.10. The number of thioether (sulfide) groups is 1. The van der Waals surface area contributed by atoms with Crippen LogP contribution in [0.1, 0.15) is 16.8 Å². The van der Waals surface area contributed by atoms with Crippen LogP contribution in [0.25, 0.3) is 10.6 Å². The Morgan fingerprint density at radius 3 is 2.48 bits per heavy atom. The van der Waals surface area contributed by atoms with Gasteiger partial charge in [-0.05, 0) is 30.2 Å².